The lowest BCUT2D eigenvalue weighted by atomic mass is 10.0. The highest BCUT2D eigenvalue weighted by atomic mass is 16.5. The first-order valence-electron chi connectivity index (χ1n) is 7.75. The number of hydrogen-bond donors (Lipinski definition) is 1. The lowest BCUT2D eigenvalue weighted by Crippen LogP contribution is -2.36. The molecule has 116 valence electrons. The van der Waals surface area contributed by atoms with E-state index in [0.29, 0.717) is 5.92 Å². The maximum atomic E-state index is 5.37. The summed E-state index contributed by atoms with van der Waals surface area (Å²) < 4.78 is 5.37. The first kappa shape index (κ1) is 14.8. The van der Waals surface area contributed by atoms with Crippen LogP contribution in [0.4, 0.5) is 17.3 Å². The molecule has 1 saturated heterocycles. The van der Waals surface area contributed by atoms with Gasteiger partial charge in [0.2, 0.25) is 0 Å². The topological polar surface area (TPSA) is 50.3 Å². The third-order valence-electron chi connectivity index (χ3n) is 3.81. The van der Waals surface area contributed by atoms with Gasteiger partial charge < -0.3 is 15.0 Å². The Labute approximate surface area is 131 Å². The Morgan fingerprint density at radius 1 is 1.14 bits per heavy atom. The molecule has 3 heterocycles. The Bertz CT molecular complexity index is 606. The molecule has 1 N–H and O–H groups in total. The number of nitrogens with one attached hydrogen (secondary N) is 1. The van der Waals surface area contributed by atoms with Gasteiger partial charge in [0.1, 0.15) is 11.6 Å². The zero-order valence-electron chi connectivity index (χ0n) is 13.1. The second-order valence-corrected chi connectivity index (χ2v) is 5.73. The van der Waals surface area contributed by atoms with Crippen LogP contribution in [0.25, 0.3) is 0 Å². The summed E-state index contributed by atoms with van der Waals surface area (Å²) in [4.78, 5) is 11.2. The molecule has 5 nitrogen and oxygen atoms in total. The third-order valence-corrected chi connectivity index (χ3v) is 3.81. The van der Waals surface area contributed by atoms with Crippen LogP contribution in [-0.4, -0.2) is 36.3 Å². The summed E-state index contributed by atoms with van der Waals surface area (Å²) in [5, 5.41) is 3.37. The molecule has 0 saturated carbocycles. The number of pyridine rings is 2. The smallest absolute Gasteiger partial charge is 0.133 e. The van der Waals surface area contributed by atoms with Crippen LogP contribution >= 0.6 is 0 Å². The maximum Gasteiger partial charge on any atom is 0.133 e. The molecule has 0 aromatic carbocycles. The van der Waals surface area contributed by atoms with Crippen molar-refractivity contribution in [3.63, 3.8) is 0 Å². The summed E-state index contributed by atoms with van der Waals surface area (Å²) in [7, 11) is 0. The van der Waals surface area contributed by atoms with Crippen LogP contribution < -0.4 is 10.2 Å². The summed E-state index contributed by atoms with van der Waals surface area (Å²) in [6.07, 6.45) is 3.67. The molecule has 1 aliphatic heterocycles. The average Bonchev–Trinajstić information content (AvgIpc) is 2.57. The number of anilines is 3. The van der Waals surface area contributed by atoms with Crippen LogP contribution in [0, 0.1) is 0 Å². The molecule has 0 unspecified atom stereocenters. The van der Waals surface area contributed by atoms with Crippen LogP contribution in [0.1, 0.15) is 25.3 Å². The van der Waals surface area contributed by atoms with E-state index in [2.05, 4.69) is 46.2 Å². The SMILES string of the molecule is CC(C)c1cccnc1Nc1ccc(N2CCOCC2)nc1. The van der Waals surface area contributed by atoms with Gasteiger partial charge in [0.05, 0.1) is 25.1 Å². The molecule has 5 heteroatoms. The molecule has 2 aromatic rings. The molecule has 0 radical (unpaired) electrons. The second-order valence-electron chi connectivity index (χ2n) is 5.73. The second kappa shape index (κ2) is 6.75. The highest BCUT2D eigenvalue weighted by Crippen LogP contribution is 2.25. The Hall–Kier alpha value is -2.14. The Morgan fingerprint density at radius 3 is 2.64 bits per heavy atom. The monoisotopic (exact) mass is 298 g/mol. The van der Waals surface area contributed by atoms with Crippen molar-refractivity contribution in [3.05, 3.63) is 42.2 Å². The Morgan fingerprint density at radius 2 is 1.95 bits per heavy atom. The van der Waals surface area contributed by atoms with E-state index in [9.17, 15) is 0 Å². The summed E-state index contributed by atoms with van der Waals surface area (Å²) >= 11 is 0. The first-order valence-corrected chi connectivity index (χ1v) is 7.75. The van der Waals surface area contributed by atoms with Gasteiger partial charge >= 0.3 is 0 Å². The minimum atomic E-state index is 0.428. The standard InChI is InChI=1S/C17H22N4O/c1-13(2)15-4-3-7-18-17(15)20-14-5-6-16(19-12-14)21-8-10-22-11-9-21/h3-7,12-13H,8-11H2,1-2H3,(H,18,20). The molecule has 2 aromatic heterocycles. The Kier molecular flexibility index (Phi) is 4.53. The maximum absolute atomic E-state index is 5.37. The molecular formula is C17H22N4O. The third kappa shape index (κ3) is 3.36. The predicted octanol–water partition coefficient (Wildman–Crippen LogP) is 3.18. The lowest BCUT2D eigenvalue weighted by molar-refractivity contribution is 0.122. The van der Waals surface area contributed by atoms with Gasteiger partial charge in [-0.05, 0) is 29.7 Å². The van der Waals surface area contributed by atoms with Crippen LogP contribution in [0.2, 0.25) is 0 Å². The minimum absolute atomic E-state index is 0.428. The van der Waals surface area contributed by atoms with E-state index >= 15 is 0 Å². The van der Waals surface area contributed by atoms with Gasteiger partial charge in [0, 0.05) is 19.3 Å². The molecule has 0 spiro atoms. The molecule has 1 aliphatic rings. The van der Waals surface area contributed by atoms with Crippen molar-refractivity contribution >= 4 is 17.3 Å². The molecule has 3 rings (SSSR count). The van der Waals surface area contributed by atoms with Crippen molar-refractivity contribution in [2.75, 3.05) is 36.5 Å². The largest absolute Gasteiger partial charge is 0.378 e. The molecular weight excluding hydrogens is 276 g/mol. The van der Waals surface area contributed by atoms with Crippen LogP contribution in [0.3, 0.4) is 0 Å². The van der Waals surface area contributed by atoms with Gasteiger partial charge in [-0.2, -0.15) is 0 Å². The fourth-order valence-electron chi connectivity index (χ4n) is 2.56. The Balaban J connectivity index is 1.73. The van der Waals surface area contributed by atoms with Crippen molar-refractivity contribution in [2.45, 2.75) is 19.8 Å². The van der Waals surface area contributed by atoms with Crippen LogP contribution in [-0.2, 0) is 4.74 Å². The first-order chi connectivity index (χ1) is 10.7. The number of rotatable bonds is 4. The number of morpholine rings is 1. The quantitative estimate of drug-likeness (QED) is 0.939. The van der Waals surface area contributed by atoms with Gasteiger partial charge in [0.25, 0.3) is 0 Å². The average molecular weight is 298 g/mol. The van der Waals surface area contributed by atoms with Crippen LogP contribution in [0.15, 0.2) is 36.7 Å². The molecule has 22 heavy (non-hydrogen) atoms. The van der Waals surface area contributed by atoms with Gasteiger partial charge in [-0.25, -0.2) is 9.97 Å². The normalized spacial score (nSPS) is 15.1. The van der Waals surface area contributed by atoms with Gasteiger partial charge in [0.15, 0.2) is 0 Å². The predicted molar refractivity (Wildman–Crippen MR) is 88.9 cm³/mol. The summed E-state index contributed by atoms with van der Waals surface area (Å²) in [5.74, 6) is 2.33. The highest BCUT2D eigenvalue weighted by Gasteiger charge is 2.12. The zero-order valence-corrected chi connectivity index (χ0v) is 13.1. The van der Waals surface area contributed by atoms with E-state index in [0.717, 1.165) is 43.6 Å². The van der Waals surface area contributed by atoms with Crippen LogP contribution in [0.5, 0.6) is 0 Å². The van der Waals surface area contributed by atoms with E-state index in [4.69, 9.17) is 4.74 Å². The van der Waals surface area contributed by atoms with Gasteiger partial charge in [-0.1, -0.05) is 19.9 Å². The number of hydrogen-bond acceptors (Lipinski definition) is 5. The molecule has 0 atom stereocenters. The number of nitrogens with zero attached hydrogens (tertiary/aromatic N) is 3. The van der Waals surface area contributed by atoms with Crippen molar-refractivity contribution in [1.82, 2.24) is 9.97 Å². The summed E-state index contributed by atoms with van der Waals surface area (Å²) in [6.45, 7) is 7.68. The van der Waals surface area contributed by atoms with Gasteiger partial charge in [-0.3, -0.25) is 0 Å². The van der Waals surface area contributed by atoms with Crippen molar-refractivity contribution in [3.8, 4) is 0 Å². The minimum Gasteiger partial charge on any atom is -0.378 e. The fraction of sp³-hybridized carbons (Fsp3) is 0.412. The molecule has 1 fully saturated rings. The molecule has 0 aliphatic carbocycles. The van der Waals surface area contributed by atoms with E-state index in [1.807, 2.05) is 24.5 Å². The van der Waals surface area contributed by atoms with Crippen molar-refractivity contribution in [1.29, 1.82) is 0 Å². The lowest BCUT2D eigenvalue weighted by Gasteiger charge is -2.27. The zero-order chi connectivity index (χ0) is 15.4. The van der Waals surface area contributed by atoms with E-state index < -0.39 is 0 Å². The summed E-state index contributed by atoms with van der Waals surface area (Å²) in [6, 6.07) is 8.18. The van der Waals surface area contributed by atoms with Crippen molar-refractivity contribution < 1.29 is 4.74 Å². The molecule has 0 bridgehead atoms. The molecule has 0 amide bonds. The van der Waals surface area contributed by atoms with Gasteiger partial charge in [-0.15, -0.1) is 0 Å². The number of aromatic nitrogens is 2. The van der Waals surface area contributed by atoms with E-state index in [1.165, 1.54) is 5.56 Å². The summed E-state index contributed by atoms with van der Waals surface area (Å²) in [5.41, 5.74) is 2.16. The van der Waals surface area contributed by atoms with Crippen molar-refractivity contribution in [2.24, 2.45) is 0 Å². The van der Waals surface area contributed by atoms with E-state index in [-0.39, 0.29) is 0 Å². The number of ether oxygens (including phenoxy) is 1. The fourth-order valence-corrected chi connectivity index (χ4v) is 2.56. The highest BCUT2D eigenvalue weighted by molar-refractivity contribution is 5.60. The van der Waals surface area contributed by atoms with E-state index in [1.54, 1.807) is 0 Å².